The Morgan fingerprint density at radius 1 is 1.40 bits per heavy atom. The number of sulfonamides is 1. The summed E-state index contributed by atoms with van der Waals surface area (Å²) in [7, 11) is -3.36. The van der Waals surface area contributed by atoms with Crippen LogP contribution in [0.2, 0.25) is 0 Å². The van der Waals surface area contributed by atoms with Crippen molar-refractivity contribution in [2.45, 2.75) is 43.4 Å². The Balaban J connectivity index is 2.03. The zero-order valence-corrected chi connectivity index (χ0v) is 13.4. The van der Waals surface area contributed by atoms with Crippen LogP contribution in [0.4, 0.5) is 0 Å². The highest BCUT2D eigenvalue weighted by molar-refractivity contribution is 7.91. The molecule has 0 aliphatic carbocycles. The summed E-state index contributed by atoms with van der Waals surface area (Å²) in [5, 5.41) is 2.85. The van der Waals surface area contributed by atoms with Crippen molar-refractivity contribution in [1.29, 1.82) is 0 Å². The molecular formula is C13H20N2O3S2. The van der Waals surface area contributed by atoms with Crippen molar-refractivity contribution in [3.05, 3.63) is 17.0 Å². The fraction of sp³-hybridized carbons (Fsp3) is 0.615. The van der Waals surface area contributed by atoms with E-state index in [4.69, 9.17) is 0 Å². The zero-order valence-electron chi connectivity index (χ0n) is 11.8. The van der Waals surface area contributed by atoms with E-state index in [2.05, 4.69) is 5.32 Å². The van der Waals surface area contributed by atoms with Crippen LogP contribution in [0, 0.1) is 0 Å². The lowest BCUT2D eigenvalue weighted by Crippen LogP contribution is -2.45. The average molecular weight is 316 g/mol. The van der Waals surface area contributed by atoms with Gasteiger partial charge in [-0.15, -0.1) is 11.3 Å². The molecule has 0 radical (unpaired) electrons. The molecule has 1 aliphatic rings. The normalized spacial score (nSPS) is 18.1. The third-order valence-corrected chi connectivity index (χ3v) is 7.04. The molecule has 1 fully saturated rings. The molecule has 0 unspecified atom stereocenters. The minimum Gasteiger partial charge on any atom is -0.354 e. The first-order valence-corrected chi connectivity index (χ1v) is 9.05. The first kappa shape index (κ1) is 15.5. The monoisotopic (exact) mass is 316 g/mol. The van der Waals surface area contributed by atoms with E-state index in [1.54, 1.807) is 6.07 Å². The van der Waals surface area contributed by atoms with Gasteiger partial charge >= 0.3 is 0 Å². The molecule has 1 aliphatic heterocycles. The second-order valence-corrected chi connectivity index (χ2v) is 8.29. The molecule has 1 saturated heterocycles. The van der Waals surface area contributed by atoms with Crippen LogP contribution in [-0.2, 0) is 21.2 Å². The summed E-state index contributed by atoms with van der Waals surface area (Å²) in [4.78, 5) is 12.1. The Kier molecular flexibility index (Phi) is 4.82. The van der Waals surface area contributed by atoms with Crippen LogP contribution in [0.15, 0.2) is 16.3 Å². The fourth-order valence-corrected chi connectivity index (χ4v) is 5.26. The summed E-state index contributed by atoms with van der Waals surface area (Å²) >= 11 is 1.35. The highest BCUT2D eigenvalue weighted by Crippen LogP contribution is 2.27. The molecule has 0 bridgehead atoms. The number of amides is 1. The molecule has 0 spiro atoms. The van der Waals surface area contributed by atoms with Crippen molar-refractivity contribution >= 4 is 27.3 Å². The molecule has 1 N–H and O–H groups in total. The van der Waals surface area contributed by atoms with Crippen molar-refractivity contribution in [2.75, 3.05) is 13.1 Å². The Morgan fingerprint density at radius 3 is 2.55 bits per heavy atom. The first-order chi connectivity index (χ1) is 9.43. The average Bonchev–Trinajstić information content (AvgIpc) is 2.88. The summed E-state index contributed by atoms with van der Waals surface area (Å²) in [6.07, 6.45) is 2.19. The third kappa shape index (κ3) is 3.39. The Bertz CT molecular complexity index is 572. The van der Waals surface area contributed by atoms with Gasteiger partial charge in [0.25, 0.3) is 10.0 Å². The van der Waals surface area contributed by atoms with Crippen LogP contribution in [0.1, 0.15) is 31.6 Å². The van der Waals surface area contributed by atoms with Gasteiger partial charge in [-0.1, -0.05) is 6.92 Å². The molecule has 1 aromatic heterocycles. The van der Waals surface area contributed by atoms with Gasteiger partial charge in [-0.2, -0.15) is 4.31 Å². The number of hydrogen-bond acceptors (Lipinski definition) is 4. The predicted molar refractivity (Wildman–Crippen MR) is 79.3 cm³/mol. The van der Waals surface area contributed by atoms with Gasteiger partial charge in [-0.05, 0) is 31.4 Å². The van der Waals surface area contributed by atoms with Crippen molar-refractivity contribution in [3.8, 4) is 0 Å². The van der Waals surface area contributed by atoms with Crippen molar-refractivity contribution in [1.82, 2.24) is 9.62 Å². The SMILES string of the molecule is CCc1ccc(S(=O)(=O)N2CCC(NC(C)=O)CC2)s1. The van der Waals surface area contributed by atoms with Crippen LogP contribution in [0.5, 0.6) is 0 Å². The maximum atomic E-state index is 12.5. The van der Waals surface area contributed by atoms with Crippen molar-refractivity contribution < 1.29 is 13.2 Å². The molecule has 20 heavy (non-hydrogen) atoms. The Hall–Kier alpha value is -0.920. The number of rotatable bonds is 4. The summed E-state index contributed by atoms with van der Waals surface area (Å²) in [5.41, 5.74) is 0. The van der Waals surface area contributed by atoms with Gasteiger partial charge in [0, 0.05) is 30.9 Å². The second-order valence-electron chi connectivity index (χ2n) is 4.95. The Morgan fingerprint density at radius 2 is 2.05 bits per heavy atom. The summed E-state index contributed by atoms with van der Waals surface area (Å²) in [6, 6.07) is 3.66. The van der Waals surface area contributed by atoms with E-state index in [9.17, 15) is 13.2 Å². The lowest BCUT2D eigenvalue weighted by atomic mass is 10.1. The van der Waals surface area contributed by atoms with E-state index in [-0.39, 0.29) is 11.9 Å². The van der Waals surface area contributed by atoms with Gasteiger partial charge in [0.05, 0.1) is 0 Å². The van der Waals surface area contributed by atoms with Gasteiger partial charge in [0.2, 0.25) is 5.91 Å². The van der Waals surface area contributed by atoms with Gasteiger partial charge in [0.15, 0.2) is 0 Å². The molecule has 0 atom stereocenters. The highest BCUT2D eigenvalue weighted by Gasteiger charge is 2.30. The molecule has 5 nitrogen and oxygen atoms in total. The van der Waals surface area contributed by atoms with Crippen LogP contribution < -0.4 is 5.32 Å². The minimum atomic E-state index is -3.36. The maximum absolute atomic E-state index is 12.5. The number of nitrogens with zero attached hydrogens (tertiary/aromatic N) is 1. The van der Waals surface area contributed by atoms with Gasteiger partial charge in [-0.3, -0.25) is 4.79 Å². The molecule has 1 amide bonds. The lowest BCUT2D eigenvalue weighted by molar-refractivity contribution is -0.119. The number of carbonyl (C=O) groups excluding carboxylic acids is 1. The molecular weight excluding hydrogens is 296 g/mol. The molecule has 0 aromatic carbocycles. The summed E-state index contributed by atoms with van der Waals surface area (Å²) in [5.74, 6) is -0.0582. The number of carbonyl (C=O) groups is 1. The fourth-order valence-electron chi connectivity index (χ4n) is 2.34. The zero-order chi connectivity index (χ0) is 14.8. The van der Waals surface area contributed by atoms with Crippen molar-refractivity contribution in [3.63, 3.8) is 0 Å². The highest BCUT2D eigenvalue weighted by atomic mass is 32.2. The largest absolute Gasteiger partial charge is 0.354 e. The van der Waals surface area contributed by atoms with E-state index in [0.717, 1.165) is 11.3 Å². The number of piperidine rings is 1. The smallest absolute Gasteiger partial charge is 0.252 e. The standard InChI is InChI=1S/C13H20N2O3S2/c1-3-12-4-5-13(19-12)20(17,18)15-8-6-11(7-9-15)14-10(2)16/h4-5,11H,3,6-9H2,1-2H3,(H,14,16). The maximum Gasteiger partial charge on any atom is 0.252 e. The topological polar surface area (TPSA) is 66.5 Å². The van der Waals surface area contributed by atoms with Crippen LogP contribution in [-0.4, -0.2) is 37.8 Å². The van der Waals surface area contributed by atoms with Crippen LogP contribution in [0.25, 0.3) is 0 Å². The first-order valence-electron chi connectivity index (χ1n) is 6.79. The van der Waals surface area contributed by atoms with E-state index in [0.29, 0.717) is 30.1 Å². The lowest BCUT2D eigenvalue weighted by Gasteiger charge is -2.31. The predicted octanol–water partition coefficient (Wildman–Crippen LogP) is 1.60. The minimum absolute atomic E-state index is 0.0582. The molecule has 1 aromatic rings. The van der Waals surface area contributed by atoms with Crippen LogP contribution >= 0.6 is 11.3 Å². The van der Waals surface area contributed by atoms with Crippen molar-refractivity contribution in [2.24, 2.45) is 0 Å². The molecule has 2 heterocycles. The summed E-state index contributed by atoms with van der Waals surface area (Å²) < 4.78 is 26.9. The van der Waals surface area contributed by atoms with Gasteiger partial charge in [0.1, 0.15) is 4.21 Å². The molecule has 0 saturated carbocycles. The molecule has 2 rings (SSSR count). The number of aryl methyl sites for hydroxylation is 1. The van der Waals surface area contributed by atoms with Gasteiger partial charge < -0.3 is 5.32 Å². The number of nitrogens with one attached hydrogen (secondary N) is 1. The van der Waals surface area contributed by atoms with Gasteiger partial charge in [-0.25, -0.2) is 8.42 Å². The quantitative estimate of drug-likeness (QED) is 0.917. The summed E-state index contributed by atoms with van der Waals surface area (Å²) in [6.45, 7) is 4.43. The Labute approximate surface area is 124 Å². The second kappa shape index (κ2) is 6.24. The van der Waals surface area contributed by atoms with E-state index < -0.39 is 10.0 Å². The van der Waals surface area contributed by atoms with E-state index in [1.807, 2.05) is 13.0 Å². The third-order valence-electron chi connectivity index (χ3n) is 3.44. The number of hydrogen-bond donors (Lipinski definition) is 1. The number of thiophene rings is 1. The van der Waals surface area contributed by atoms with E-state index in [1.165, 1.54) is 22.6 Å². The molecule has 7 heteroatoms. The molecule has 112 valence electrons. The van der Waals surface area contributed by atoms with E-state index >= 15 is 0 Å². The van der Waals surface area contributed by atoms with Crippen LogP contribution in [0.3, 0.4) is 0 Å².